The first-order valence-corrected chi connectivity index (χ1v) is 13.9. The van der Waals surface area contributed by atoms with Gasteiger partial charge in [-0.15, -0.1) is 0 Å². The summed E-state index contributed by atoms with van der Waals surface area (Å²) in [4.78, 5) is 53.5. The fourth-order valence-electron chi connectivity index (χ4n) is 5.55. The fraction of sp³-hybridized carbons (Fsp3) is 0.615. The Balaban J connectivity index is 1.56. The third kappa shape index (κ3) is 5.12. The van der Waals surface area contributed by atoms with Crippen LogP contribution in [0.4, 0.5) is 5.69 Å². The van der Waals surface area contributed by atoms with Crippen molar-refractivity contribution in [3.8, 4) is 0 Å². The van der Waals surface area contributed by atoms with Crippen molar-refractivity contribution in [3.05, 3.63) is 29.8 Å². The number of ether oxygens (including phenoxy) is 1. The average molecular weight is 595 g/mol. The smallest absolute Gasteiger partial charge is 0.251 e. The number of nitrogens with one attached hydrogen (secondary N) is 2. The van der Waals surface area contributed by atoms with Crippen LogP contribution in [0.5, 0.6) is 0 Å². The van der Waals surface area contributed by atoms with Gasteiger partial charge in [-0.2, -0.15) is 0 Å². The van der Waals surface area contributed by atoms with E-state index in [4.69, 9.17) is 4.74 Å². The lowest BCUT2D eigenvalue weighted by Crippen LogP contribution is -2.59. The van der Waals surface area contributed by atoms with Gasteiger partial charge < -0.3 is 20.3 Å². The molecular formula is C26H34IN3O5. The summed E-state index contributed by atoms with van der Waals surface area (Å²) >= 11 is 2.32. The van der Waals surface area contributed by atoms with Gasteiger partial charge in [0.25, 0.3) is 5.91 Å². The fourth-order valence-corrected chi connectivity index (χ4v) is 6.75. The van der Waals surface area contributed by atoms with Crippen molar-refractivity contribution in [2.45, 2.75) is 64.6 Å². The molecule has 190 valence electrons. The predicted molar refractivity (Wildman–Crippen MR) is 140 cm³/mol. The molecule has 2 heterocycles. The van der Waals surface area contributed by atoms with E-state index in [9.17, 15) is 19.2 Å². The molecule has 0 bridgehead atoms. The Labute approximate surface area is 220 Å². The highest BCUT2D eigenvalue weighted by molar-refractivity contribution is 14.1. The summed E-state index contributed by atoms with van der Waals surface area (Å²) in [6.45, 7) is 6.12. The Bertz CT molecular complexity index is 989. The third-order valence-corrected chi connectivity index (χ3v) is 9.18. The molecule has 4 atom stereocenters. The molecule has 2 saturated heterocycles. The first kappa shape index (κ1) is 26.1. The lowest BCUT2D eigenvalue weighted by molar-refractivity contribution is -0.140. The summed E-state index contributed by atoms with van der Waals surface area (Å²) in [5.74, 6) is -0.756. The Morgan fingerprint density at radius 2 is 1.83 bits per heavy atom. The van der Waals surface area contributed by atoms with E-state index in [-0.39, 0.29) is 53.5 Å². The van der Waals surface area contributed by atoms with E-state index in [0.717, 1.165) is 30.1 Å². The monoisotopic (exact) mass is 595 g/mol. The van der Waals surface area contributed by atoms with E-state index in [2.05, 4.69) is 33.2 Å². The van der Waals surface area contributed by atoms with Crippen LogP contribution in [-0.2, 0) is 19.1 Å². The second kappa shape index (κ2) is 10.5. The Kier molecular flexibility index (Phi) is 7.85. The molecule has 3 aliphatic rings. The average Bonchev–Trinajstić information content (AvgIpc) is 3.55. The molecule has 1 aromatic carbocycles. The number of fused-ring (bicyclic) bond motifs is 1. The maximum Gasteiger partial charge on any atom is 0.251 e. The van der Waals surface area contributed by atoms with Crippen LogP contribution in [-0.4, -0.2) is 64.2 Å². The van der Waals surface area contributed by atoms with Crippen LogP contribution in [0.25, 0.3) is 0 Å². The molecule has 1 aromatic rings. The lowest BCUT2D eigenvalue weighted by atomic mass is 9.79. The van der Waals surface area contributed by atoms with Crippen LogP contribution >= 0.6 is 22.6 Å². The molecule has 2 aliphatic heterocycles. The molecule has 0 unspecified atom stereocenters. The van der Waals surface area contributed by atoms with Gasteiger partial charge in [0.1, 0.15) is 18.7 Å². The van der Waals surface area contributed by atoms with Gasteiger partial charge in [-0.1, -0.05) is 56.2 Å². The number of anilines is 1. The van der Waals surface area contributed by atoms with Gasteiger partial charge in [-0.05, 0) is 37.1 Å². The molecule has 8 nitrogen and oxygen atoms in total. The van der Waals surface area contributed by atoms with Crippen molar-refractivity contribution in [2.24, 2.45) is 17.3 Å². The van der Waals surface area contributed by atoms with E-state index in [1.807, 2.05) is 20.8 Å². The molecular weight excluding hydrogens is 561 g/mol. The zero-order valence-electron chi connectivity index (χ0n) is 20.5. The van der Waals surface area contributed by atoms with Crippen molar-refractivity contribution in [1.82, 2.24) is 10.2 Å². The topological polar surface area (TPSA) is 105 Å². The molecule has 0 spiro atoms. The second-order valence-electron chi connectivity index (χ2n) is 10.5. The van der Waals surface area contributed by atoms with Crippen LogP contribution < -0.4 is 10.6 Å². The van der Waals surface area contributed by atoms with E-state index in [1.165, 1.54) is 0 Å². The second-order valence-corrected chi connectivity index (χ2v) is 11.2. The molecule has 0 aromatic heterocycles. The van der Waals surface area contributed by atoms with Gasteiger partial charge in [0, 0.05) is 39.5 Å². The highest BCUT2D eigenvalue weighted by atomic mass is 127. The minimum atomic E-state index is -0.714. The van der Waals surface area contributed by atoms with Gasteiger partial charge in [-0.25, -0.2) is 0 Å². The van der Waals surface area contributed by atoms with Gasteiger partial charge in [0.15, 0.2) is 5.78 Å². The van der Waals surface area contributed by atoms with E-state index < -0.39 is 12.1 Å². The molecule has 9 heteroatoms. The Hall–Kier alpha value is -2.01. The number of ketones is 1. The molecule has 35 heavy (non-hydrogen) atoms. The van der Waals surface area contributed by atoms with Crippen molar-refractivity contribution in [3.63, 3.8) is 0 Å². The summed E-state index contributed by atoms with van der Waals surface area (Å²) in [6.07, 6.45) is 3.47. The number of carbonyl (C=O) groups excluding carboxylic acids is 4. The van der Waals surface area contributed by atoms with Crippen molar-refractivity contribution >= 4 is 51.8 Å². The largest absolute Gasteiger partial charge is 0.367 e. The number of nitrogens with zero attached hydrogens (tertiary/aromatic N) is 1. The molecule has 3 amide bonds. The number of carbonyl (C=O) groups is 4. The van der Waals surface area contributed by atoms with Crippen molar-refractivity contribution in [2.75, 3.05) is 22.9 Å². The van der Waals surface area contributed by atoms with Crippen LogP contribution in [0.15, 0.2) is 24.3 Å². The number of hydrogen-bond acceptors (Lipinski definition) is 5. The number of hydrogen-bond donors (Lipinski definition) is 2. The van der Waals surface area contributed by atoms with Gasteiger partial charge in [0.05, 0.1) is 6.10 Å². The van der Waals surface area contributed by atoms with Crippen LogP contribution in [0, 0.1) is 17.3 Å². The summed E-state index contributed by atoms with van der Waals surface area (Å²) in [6, 6.07) is 5.41. The highest BCUT2D eigenvalue weighted by Crippen LogP contribution is 2.44. The number of likely N-dealkylation sites (tertiary alicyclic amines) is 1. The standard InChI is InChI=1S/C26H34IN3O5/c1-15(2)23(32)28-18-8-6-17(7-9-18)24(33)29-22(26(14-27)10-4-5-11-26)25(34)30-12-16(3)21-20(30)19(31)13-35-21/h6-9,15-16,20-22H,4-5,10-14H2,1-3H3,(H,28,32)(H,29,33)/t16-,20+,21+,22+/m0/s1. The maximum atomic E-state index is 14.0. The van der Waals surface area contributed by atoms with Gasteiger partial charge >= 0.3 is 0 Å². The number of Topliss-reactive ketones (excluding diaryl/α,β-unsaturated/α-hetero) is 1. The Morgan fingerprint density at radius 3 is 2.43 bits per heavy atom. The zero-order chi connectivity index (χ0) is 25.3. The quantitative estimate of drug-likeness (QED) is 0.373. The van der Waals surface area contributed by atoms with E-state index >= 15 is 0 Å². The van der Waals surface area contributed by atoms with Gasteiger partial charge in [-0.3, -0.25) is 19.2 Å². The number of halogens is 1. The van der Waals surface area contributed by atoms with E-state index in [1.54, 1.807) is 29.2 Å². The third-order valence-electron chi connectivity index (χ3n) is 7.66. The number of benzene rings is 1. The maximum absolute atomic E-state index is 14.0. The Morgan fingerprint density at radius 1 is 1.17 bits per heavy atom. The summed E-state index contributed by atoms with van der Waals surface area (Å²) in [5, 5.41) is 5.87. The molecule has 1 saturated carbocycles. The molecule has 4 rings (SSSR count). The molecule has 0 radical (unpaired) electrons. The summed E-state index contributed by atoms with van der Waals surface area (Å²) in [5.41, 5.74) is 0.687. The van der Waals surface area contributed by atoms with Crippen molar-refractivity contribution in [1.29, 1.82) is 0 Å². The highest BCUT2D eigenvalue weighted by Gasteiger charge is 2.54. The molecule has 3 fully saturated rings. The SMILES string of the molecule is CC(C)C(=O)Nc1ccc(C(=O)N[C@H](C(=O)N2C[C@H](C)[C@H]3OCC(=O)[C@H]32)C2(CI)CCCC2)cc1. The minimum Gasteiger partial charge on any atom is -0.367 e. The molecule has 1 aliphatic carbocycles. The molecule has 2 N–H and O–H groups in total. The van der Waals surface area contributed by atoms with Crippen LogP contribution in [0.3, 0.4) is 0 Å². The van der Waals surface area contributed by atoms with Crippen molar-refractivity contribution < 1.29 is 23.9 Å². The summed E-state index contributed by atoms with van der Waals surface area (Å²) in [7, 11) is 0. The van der Waals surface area contributed by atoms with E-state index in [0.29, 0.717) is 17.8 Å². The normalized spacial score (nSPS) is 26.0. The van der Waals surface area contributed by atoms with Crippen LogP contribution in [0.2, 0.25) is 0 Å². The van der Waals surface area contributed by atoms with Crippen LogP contribution in [0.1, 0.15) is 56.8 Å². The number of rotatable bonds is 7. The van der Waals surface area contributed by atoms with Gasteiger partial charge in [0.2, 0.25) is 11.8 Å². The summed E-state index contributed by atoms with van der Waals surface area (Å²) < 4.78 is 6.42. The first-order valence-electron chi connectivity index (χ1n) is 12.4. The number of alkyl halides is 1. The number of amides is 3. The zero-order valence-corrected chi connectivity index (χ0v) is 22.7. The first-order chi connectivity index (χ1) is 16.7. The minimum absolute atomic E-state index is 0.0393. The predicted octanol–water partition coefficient (Wildman–Crippen LogP) is 3.19. The lowest BCUT2D eigenvalue weighted by Gasteiger charge is -2.38.